The van der Waals surface area contributed by atoms with Crippen molar-refractivity contribution in [3.63, 3.8) is 0 Å². The molecule has 0 bridgehead atoms. The lowest BCUT2D eigenvalue weighted by atomic mass is 10.2. The van der Waals surface area contributed by atoms with Crippen LogP contribution in [0.5, 0.6) is 0 Å². The minimum atomic E-state index is -3.95. The van der Waals surface area contributed by atoms with Crippen molar-refractivity contribution in [2.24, 2.45) is 0 Å². The molecule has 1 heterocycles. The van der Waals surface area contributed by atoms with Gasteiger partial charge in [-0.3, -0.25) is 4.79 Å². The molecule has 0 aliphatic carbocycles. The van der Waals surface area contributed by atoms with E-state index in [1.165, 1.54) is 12.1 Å². The van der Waals surface area contributed by atoms with Crippen LogP contribution in [0.3, 0.4) is 0 Å². The van der Waals surface area contributed by atoms with Crippen LogP contribution in [-0.4, -0.2) is 44.9 Å². The molecule has 7 nitrogen and oxygen atoms in total. The highest BCUT2D eigenvalue weighted by molar-refractivity contribution is 7.89. The van der Waals surface area contributed by atoms with Gasteiger partial charge in [-0.25, -0.2) is 17.9 Å². The summed E-state index contributed by atoms with van der Waals surface area (Å²) >= 11 is 6.05. The number of esters is 1. The highest BCUT2D eigenvalue weighted by Crippen LogP contribution is 2.23. The number of nitrogens with zero attached hydrogens (tertiary/aromatic N) is 1. The number of carbonyl (C=O) groups excluding carboxylic acids is 2. The molecule has 1 saturated heterocycles. The Morgan fingerprint density at radius 3 is 2.45 bits per heavy atom. The summed E-state index contributed by atoms with van der Waals surface area (Å²) < 4.78 is 32.8. The molecule has 0 aromatic heterocycles. The number of amides is 1. The largest absolute Gasteiger partial charge is 0.452 e. The van der Waals surface area contributed by atoms with E-state index in [0.717, 1.165) is 24.5 Å². The quantitative estimate of drug-likeness (QED) is 0.673. The first-order valence-corrected chi connectivity index (χ1v) is 11.0. The predicted molar refractivity (Wildman–Crippen MR) is 108 cm³/mol. The highest BCUT2D eigenvalue weighted by atomic mass is 35.5. The molecule has 9 heteroatoms. The Balaban J connectivity index is 1.67. The zero-order valence-corrected chi connectivity index (χ0v) is 17.2. The van der Waals surface area contributed by atoms with Gasteiger partial charge in [0.1, 0.15) is 4.90 Å². The Bertz CT molecular complexity index is 989. The van der Waals surface area contributed by atoms with E-state index in [4.69, 9.17) is 16.3 Å². The van der Waals surface area contributed by atoms with Crippen LogP contribution in [0.2, 0.25) is 5.02 Å². The average Bonchev–Trinajstić information content (AvgIpc) is 3.26. The van der Waals surface area contributed by atoms with E-state index in [1.54, 1.807) is 29.2 Å². The first-order valence-electron chi connectivity index (χ1n) is 9.15. The van der Waals surface area contributed by atoms with Gasteiger partial charge in [0, 0.05) is 19.6 Å². The molecule has 2 aromatic rings. The third-order valence-electron chi connectivity index (χ3n) is 4.55. The molecule has 1 amide bonds. The molecule has 0 saturated carbocycles. The van der Waals surface area contributed by atoms with E-state index < -0.39 is 16.0 Å². The van der Waals surface area contributed by atoms with E-state index in [2.05, 4.69) is 4.72 Å². The number of hydrogen-bond donors (Lipinski definition) is 1. The number of carbonyl (C=O) groups is 2. The minimum Gasteiger partial charge on any atom is -0.452 e. The molecule has 0 atom stereocenters. The van der Waals surface area contributed by atoms with Crippen molar-refractivity contribution in [3.05, 3.63) is 64.7 Å². The van der Waals surface area contributed by atoms with Gasteiger partial charge in [-0.1, -0.05) is 41.9 Å². The molecule has 1 fully saturated rings. The van der Waals surface area contributed by atoms with Crippen molar-refractivity contribution >= 4 is 33.5 Å². The van der Waals surface area contributed by atoms with Crippen LogP contribution in [0, 0.1) is 0 Å². The van der Waals surface area contributed by atoms with E-state index in [1.807, 2.05) is 6.07 Å². The number of benzene rings is 2. The summed E-state index contributed by atoms with van der Waals surface area (Å²) in [5, 5.41) is -0.0183. The molecule has 3 rings (SSSR count). The number of nitrogens with one attached hydrogen (secondary N) is 1. The SMILES string of the molecule is O=C(OCC(=O)N1CCCC1)c1ccc(Cl)c(S(=O)(=O)NCc2ccccc2)c1. The van der Waals surface area contributed by atoms with Crippen LogP contribution in [0.1, 0.15) is 28.8 Å². The highest BCUT2D eigenvalue weighted by Gasteiger charge is 2.22. The Morgan fingerprint density at radius 1 is 1.07 bits per heavy atom. The van der Waals surface area contributed by atoms with Gasteiger partial charge in [-0.15, -0.1) is 0 Å². The lowest BCUT2D eigenvalue weighted by Crippen LogP contribution is -2.32. The van der Waals surface area contributed by atoms with E-state index >= 15 is 0 Å². The van der Waals surface area contributed by atoms with E-state index in [9.17, 15) is 18.0 Å². The van der Waals surface area contributed by atoms with Crippen molar-refractivity contribution in [3.8, 4) is 0 Å². The van der Waals surface area contributed by atoms with Gasteiger partial charge < -0.3 is 9.64 Å². The van der Waals surface area contributed by atoms with Crippen molar-refractivity contribution in [2.75, 3.05) is 19.7 Å². The van der Waals surface area contributed by atoms with Crippen molar-refractivity contribution < 1.29 is 22.7 Å². The number of rotatable bonds is 7. The maximum Gasteiger partial charge on any atom is 0.338 e. The number of hydrogen-bond acceptors (Lipinski definition) is 5. The zero-order chi connectivity index (χ0) is 20.9. The molecule has 0 radical (unpaired) electrons. The number of halogens is 1. The second-order valence-corrected chi connectivity index (χ2v) is 8.76. The van der Waals surface area contributed by atoms with E-state index in [0.29, 0.717) is 13.1 Å². The first kappa shape index (κ1) is 21.3. The molecule has 1 aliphatic heterocycles. The molecule has 2 aromatic carbocycles. The molecule has 154 valence electrons. The van der Waals surface area contributed by atoms with Crippen LogP contribution in [0.15, 0.2) is 53.4 Å². The summed E-state index contributed by atoms with van der Waals surface area (Å²) in [4.78, 5) is 25.7. The van der Waals surface area contributed by atoms with Crippen molar-refractivity contribution in [1.29, 1.82) is 0 Å². The molecule has 0 spiro atoms. The minimum absolute atomic E-state index is 0.00343. The Labute approximate surface area is 174 Å². The van der Waals surface area contributed by atoms with Crippen molar-refractivity contribution in [1.82, 2.24) is 9.62 Å². The normalized spacial score (nSPS) is 14.0. The van der Waals surface area contributed by atoms with Gasteiger partial charge in [0.15, 0.2) is 6.61 Å². The second-order valence-electron chi connectivity index (χ2n) is 6.62. The van der Waals surface area contributed by atoms with Crippen LogP contribution in [-0.2, 0) is 26.1 Å². The summed E-state index contributed by atoms with van der Waals surface area (Å²) in [6, 6.07) is 12.8. The Kier molecular flexibility index (Phi) is 6.89. The summed E-state index contributed by atoms with van der Waals surface area (Å²) in [7, 11) is -3.95. The van der Waals surface area contributed by atoms with Crippen molar-refractivity contribution in [2.45, 2.75) is 24.3 Å². The fourth-order valence-corrected chi connectivity index (χ4v) is 4.50. The van der Waals surface area contributed by atoms with Gasteiger partial charge in [-0.05, 0) is 36.6 Å². The Morgan fingerprint density at radius 2 is 1.76 bits per heavy atom. The van der Waals surface area contributed by atoms with Gasteiger partial charge in [0.05, 0.1) is 10.6 Å². The van der Waals surface area contributed by atoms with Gasteiger partial charge in [-0.2, -0.15) is 0 Å². The summed E-state index contributed by atoms with van der Waals surface area (Å²) in [6.07, 6.45) is 1.88. The maximum atomic E-state index is 12.6. The third kappa shape index (κ3) is 5.56. The smallest absolute Gasteiger partial charge is 0.338 e. The third-order valence-corrected chi connectivity index (χ3v) is 6.43. The molecule has 1 N–H and O–H groups in total. The first-order chi connectivity index (χ1) is 13.9. The van der Waals surface area contributed by atoms with Crippen LogP contribution >= 0.6 is 11.6 Å². The lowest BCUT2D eigenvalue weighted by Gasteiger charge is -2.15. The molecule has 29 heavy (non-hydrogen) atoms. The summed E-state index contributed by atoms with van der Waals surface area (Å²) in [6.45, 7) is 1.02. The maximum absolute atomic E-state index is 12.6. The fourth-order valence-electron chi connectivity index (χ4n) is 2.96. The zero-order valence-electron chi connectivity index (χ0n) is 15.6. The fraction of sp³-hybridized carbons (Fsp3) is 0.300. The predicted octanol–water partition coefficient (Wildman–Crippen LogP) is 2.60. The van der Waals surface area contributed by atoms with Crippen LogP contribution in [0.4, 0.5) is 0 Å². The average molecular weight is 437 g/mol. The summed E-state index contributed by atoms with van der Waals surface area (Å²) in [5.74, 6) is -1.05. The number of ether oxygens (including phenoxy) is 1. The summed E-state index contributed by atoms with van der Waals surface area (Å²) in [5.41, 5.74) is 0.784. The number of sulfonamides is 1. The molecular formula is C20H21ClN2O5S. The monoisotopic (exact) mass is 436 g/mol. The van der Waals surface area contributed by atoms with Gasteiger partial charge in [0.25, 0.3) is 5.91 Å². The standard InChI is InChI=1S/C20H21ClN2O5S/c21-17-9-8-16(20(25)28-14-19(24)23-10-4-5-11-23)12-18(17)29(26,27)22-13-15-6-2-1-3-7-15/h1-3,6-9,12,22H,4-5,10-11,13-14H2. The molecular weight excluding hydrogens is 416 g/mol. The second kappa shape index (κ2) is 9.39. The Hall–Kier alpha value is -2.42. The molecule has 0 unspecified atom stereocenters. The van der Waals surface area contributed by atoms with Crippen LogP contribution < -0.4 is 4.72 Å². The van der Waals surface area contributed by atoms with E-state index in [-0.39, 0.29) is 34.5 Å². The van der Waals surface area contributed by atoms with Gasteiger partial charge in [0.2, 0.25) is 10.0 Å². The van der Waals surface area contributed by atoms with Gasteiger partial charge >= 0.3 is 5.97 Å². The van der Waals surface area contributed by atoms with Crippen LogP contribution in [0.25, 0.3) is 0 Å². The number of likely N-dealkylation sites (tertiary alicyclic amines) is 1. The lowest BCUT2D eigenvalue weighted by molar-refractivity contribution is -0.133. The topological polar surface area (TPSA) is 92.8 Å². The molecule has 1 aliphatic rings.